The lowest BCUT2D eigenvalue weighted by molar-refractivity contribution is 0.0168. The van der Waals surface area contributed by atoms with Crippen molar-refractivity contribution in [2.75, 3.05) is 0 Å². The van der Waals surface area contributed by atoms with E-state index >= 15 is 9.59 Å². The number of Topliss-reactive ketones (excluding diaryl/α,β-unsaturated/α-hetero) is 2. The van der Waals surface area contributed by atoms with E-state index in [0.717, 1.165) is 30.3 Å². The van der Waals surface area contributed by atoms with Crippen LogP contribution in [0.15, 0.2) is 194 Å². The highest BCUT2D eigenvalue weighted by molar-refractivity contribution is 6.02. The molecule has 0 spiro atoms. The van der Waals surface area contributed by atoms with E-state index in [0.29, 0.717) is 0 Å². The van der Waals surface area contributed by atoms with E-state index in [1.54, 1.807) is 0 Å². The van der Waals surface area contributed by atoms with Gasteiger partial charge in [0.05, 0.1) is 53.5 Å². The summed E-state index contributed by atoms with van der Waals surface area (Å²) in [6.45, 7) is 0. The zero-order valence-corrected chi connectivity index (χ0v) is 50.3. The quantitative estimate of drug-likeness (QED) is 0.0424. The van der Waals surface area contributed by atoms with Crippen molar-refractivity contribution >= 4 is 11.6 Å². The Kier molecular flexibility index (Phi) is 16.4. The lowest BCUT2D eigenvalue weighted by Gasteiger charge is -2.40. The summed E-state index contributed by atoms with van der Waals surface area (Å²) in [5, 5.41) is 186. The summed E-state index contributed by atoms with van der Waals surface area (Å²) in [7, 11) is 0. The van der Waals surface area contributed by atoms with Gasteiger partial charge in [-0.1, -0.05) is 60.7 Å². The number of hydrogen-bond acceptors (Lipinski definition) is 21. The molecule has 12 atom stereocenters. The van der Waals surface area contributed by atoms with Gasteiger partial charge in [0.2, 0.25) is 0 Å². The monoisotopic (exact) mass is 1300 g/mol. The molecule has 0 saturated carbocycles. The smallest absolute Gasteiger partial charge is 0.173 e. The van der Waals surface area contributed by atoms with Gasteiger partial charge in [0, 0.05) is 82.2 Å². The molecule has 13 rings (SSSR count). The summed E-state index contributed by atoms with van der Waals surface area (Å²) in [5.41, 5.74) is -0.756. The van der Waals surface area contributed by atoms with Crippen molar-refractivity contribution < 1.29 is 106 Å². The SMILES string of the molecule is O=C(c1ccc(O)cc1O)[C@H]1[C@H]([C@@H](c2ccc(O)cc2)c2c(O)c([C@H](c3ccc(O)cc3)[C@@H]3[C@H](C(=O)c4ccc(O)cc4O)[C@H](c4ccc(O)cc4)O[C@@H]3c3ccc(O)cc3O)c(O)c3c2O[C@H](c2ccc(O)cc2)[C@H](O)C3)[C@H](c2ccc(O)cc2O)O[C@@H]1c1ccc(O)cc1. The second-order valence-corrected chi connectivity index (χ2v) is 24.3. The van der Waals surface area contributed by atoms with Crippen molar-refractivity contribution in [1.82, 2.24) is 0 Å². The van der Waals surface area contributed by atoms with Gasteiger partial charge in [-0.2, -0.15) is 0 Å². The highest BCUT2D eigenvalue weighted by atomic mass is 16.5. The van der Waals surface area contributed by atoms with Gasteiger partial charge in [0.1, 0.15) is 98.1 Å². The molecule has 0 radical (unpaired) electrons. The number of fused-ring (bicyclic) bond motifs is 1. The molecule has 3 heterocycles. The topological polar surface area (TPSA) is 386 Å². The third kappa shape index (κ3) is 11.4. The van der Waals surface area contributed by atoms with Crippen LogP contribution in [0.5, 0.6) is 92.0 Å². The van der Waals surface area contributed by atoms with Crippen LogP contribution in [-0.2, 0) is 15.9 Å². The van der Waals surface area contributed by atoms with Crippen molar-refractivity contribution in [1.29, 1.82) is 0 Å². The Bertz CT molecular complexity index is 4620. The average Bonchev–Trinajstić information content (AvgIpc) is 1.34. The number of hydrogen-bond donors (Lipinski definition) is 16. The molecule has 0 aliphatic carbocycles. The van der Waals surface area contributed by atoms with Gasteiger partial charge < -0.3 is 95.9 Å². The maximum Gasteiger partial charge on any atom is 0.173 e. The Morgan fingerprint density at radius 3 is 1.03 bits per heavy atom. The van der Waals surface area contributed by atoms with E-state index in [1.807, 2.05) is 0 Å². The number of aromatic hydroxyl groups is 15. The lowest BCUT2D eigenvalue weighted by atomic mass is 9.64. The van der Waals surface area contributed by atoms with Gasteiger partial charge >= 0.3 is 0 Å². The number of rotatable bonds is 15. The van der Waals surface area contributed by atoms with Gasteiger partial charge in [0.25, 0.3) is 0 Å². The van der Waals surface area contributed by atoms with E-state index < -0.39 is 147 Å². The molecular formula is C75H62O21. The zero-order chi connectivity index (χ0) is 67.7. The number of benzene rings is 10. The van der Waals surface area contributed by atoms with Crippen LogP contribution >= 0.6 is 0 Å². The largest absolute Gasteiger partial charge is 0.508 e. The van der Waals surface area contributed by atoms with Crippen molar-refractivity contribution in [3.8, 4) is 92.0 Å². The van der Waals surface area contributed by atoms with Gasteiger partial charge in [-0.15, -0.1) is 0 Å². The number of carbonyl (C=O) groups is 2. The fourth-order valence-electron chi connectivity index (χ4n) is 14.4. The predicted octanol–water partition coefficient (Wildman–Crippen LogP) is 11.8. The van der Waals surface area contributed by atoms with E-state index in [-0.39, 0.29) is 101 Å². The molecule has 0 unspecified atom stereocenters. The first-order valence-electron chi connectivity index (χ1n) is 30.4. The molecule has 488 valence electrons. The first-order chi connectivity index (χ1) is 46.0. The Hall–Kier alpha value is -11.8. The minimum Gasteiger partial charge on any atom is -0.508 e. The standard InChI is InChI=1S/C75H62O21/c76-39-11-1-34(2-12-39)58(60-64(66(90)48-25-21-44(81)29-53(48)85)71(37-7-17-42(79)18-8-37)95-73(60)50-27-23-46(83)31-55(50)87)62-68(92)52-33-57(89)70(36-5-15-41(78)16-6-36)94-75(52)63(69(62)93)59(35-3-13-40(77)14-4-35)61-65(67(91)49-26-22-45(82)30-54(49)86)72(38-9-19-43(80)20-10-38)96-74(61)51-28-24-47(84)32-56(51)88/h1-32,57-61,64-65,70-74,76-89,92-93H,33H2/t57-,58-,59-,60-,61+,64-,65-,70-,71+,72-,73-,74+/m1/s1. The first-order valence-corrected chi connectivity index (χ1v) is 30.4. The fraction of sp³-hybridized carbons (Fsp3) is 0.173. The zero-order valence-electron chi connectivity index (χ0n) is 50.3. The molecule has 96 heavy (non-hydrogen) atoms. The molecule has 2 saturated heterocycles. The predicted molar refractivity (Wildman–Crippen MR) is 342 cm³/mol. The number of aliphatic hydroxyl groups is 1. The number of aliphatic hydroxyl groups excluding tert-OH is 1. The molecule has 10 aromatic rings. The molecule has 21 heteroatoms. The summed E-state index contributed by atoms with van der Waals surface area (Å²) in [6.07, 6.45) is -9.56. The summed E-state index contributed by atoms with van der Waals surface area (Å²) < 4.78 is 21.3. The average molecular weight is 1300 g/mol. The van der Waals surface area contributed by atoms with E-state index in [4.69, 9.17) is 14.2 Å². The molecule has 0 bridgehead atoms. The normalized spacial score (nSPS) is 22.0. The van der Waals surface area contributed by atoms with Crippen LogP contribution in [0.25, 0.3) is 0 Å². The maximum atomic E-state index is 16.3. The summed E-state index contributed by atoms with van der Waals surface area (Å²) in [4.78, 5) is 32.4. The Labute approximate surface area is 546 Å². The summed E-state index contributed by atoms with van der Waals surface area (Å²) in [5.74, 6) is -18.6. The number of carbonyl (C=O) groups excluding carboxylic acids is 2. The van der Waals surface area contributed by atoms with Crippen molar-refractivity contribution in [3.63, 3.8) is 0 Å². The van der Waals surface area contributed by atoms with E-state index in [2.05, 4.69) is 0 Å². The van der Waals surface area contributed by atoms with Crippen LogP contribution in [0.3, 0.4) is 0 Å². The minimum absolute atomic E-state index is 0.0537. The molecule has 21 nitrogen and oxygen atoms in total. The van der Waals surface area contributed by atoms with Crippen LogP contribution in [0, 0.1) is 23.7 Å². The Morgan fingerprint density at radius 1 is 0.344 bits per heavy atom. The van der Waals surface area contributed by atoms with Gasteiger partial charge in [0.15, 0.2) is 11.6 Å². The second-order valence-electron chi connectivity index (χ2n) is 24.3. The maximum absolute atomic E-state index is 16.3. The van der Waals surface area contributed by atoms with Crippen LogP contribution in [-0.4, -0.2) is 99.4 Å². The van der Waals surface area contributed by atoms with Crippen LogP contribution < -0.4 is 4.74 Å². The molecule has 2 fully saturated rings. The third-order valence-electron chi connectivity index (χ3n) is 18.6. The highest BCUT2D eigenvalue weighted by Crippen LogP contribution is 2.67. The van der Waals surface area contributed by atoms with E-state index in [9.17, 15) is 81.7 Å². The molecule has 10 aromatic carbocycles. The van der Waals surface area contributed by atoms with Crippen LogP contribution in [0.2, 0.25) is 0 Å². The summed E-state index contributed by atoms with van der Waals surface area (Å²) >= 11 is 0. The Balaban J connectivity index is 1.18. The number of ether oxygens (including phenoxy) is 3. The number of ketones is 2. The minimum atomic E-state index is -1.69. The molecule has 3 aliphatic heterocycles. The van der Waals surface area contributed by atoms with Gasteiger partial charge in [-0.25, -0.2) is 0 Å². The van der Waals surface area contributed by atoms with Crippen molar-refractivity contribution in [2.45, 2.75) is 54.9 Å². The lowest BCUT2D eigenvalue weighted by Crippen LogP contribution is -2.35. The van der Waals surface area contributed by atoms with Gasteiger partial charge in [-0.3, -0.25) is 9.59 Å². The van der Waals surface area contributed by atoms with Crippen molar-refractivity contribution in [3.05, 3.63) is 261 Å². The molecular weight excluding hydrogens is 1240 g/mol. The highest BCUT2D eigenvalue weighted by Gasteiger charge is 2.59. The van der Waals surface area contributed by atoms with Crippen LogP contribution in [0.1, 0.15) is 119 Å². The third-order valence-corrected chi connectivity index (χ3v) is 18.6. The fourth-order valence-corrected chi connectivity index (χ4v) is 14.4. The van der Waals surface area contributed by atoms with Crippen LogP contribution in [0.4, 0.5) is 0 Å². The molecule has 3 aliphatic rings. The van der Waals surface area contributed by atoms with Gasteiger partial charge in [-0.05, 0) is 137 Å². The number of phenols is 15. The molecule has 0 amide bonds. The molecule has 16 N–H and O–H groups in total. The second kappa shape index (κ2) is 24.9. The first kappa shape index (κ1) is 63.0. The summed E-state index contributed by atoms with van der Waals surface area (Å²) in [6, 6.07) is 41.6. The van der Waals surface area contributed by atoms with E-state index in [1.165, 1.54) is 164 Å². The number of phenolic OH excluding ortho intramolecular Hbond substituents is 15. The molecule has 0 aromatic heterocycles. The van der Waals surface area contributed by atoms with Crippen molar-refractivity contribution in [2.24, 2.45) is 23.7 Å². The Morgan fingerprint density at radius 2 is 0.667 bits per heavy atom.